The van der Waals surface area contributed by atoms with Gasteiger partial charge in [0.1, 0.15) is 11.8 Å². The van der Waals surface area contributed by atoms with Crippen LogP contribution in [0.5, 0.6) is 0 Å². The first-order chi connectivity index (χ1) is 23.9. The van der Waals surface area contributed by atoms with Crippen LogP contribution in [0.4, 0.5) is 5.82 Å². The summed E-state index contributed by atoms with van der Waals surface area (Å²) >= 11 is 0. The lowest BCUT2D eigenvalue weighted by molar-refractivity contribution is 1.06. The number of para-hydroxylation sites is 2. The topological polar surface area (TPSA) is 118 Å². The highest BCUT2D eigenvalue weighted by molar-refractivity contribution is 5.88. The zero-order chi connectivity index (χ0) is 33.9. The molecule has 8 nitrogen and oxygen atoms in total. The van der Waals surface area contributed by atoms with Crippen molar-refractivity contribution in [2.75, 3.05) is 5.32 Å². The van der Waals surface area contributed by atoms with Crippen LogP contribution in [-0.4, -0.2) is 29.9 Å². The number of H-pyrrole nitrogens is 1. The maximum Gasteiger partial charge on any atom is 0.182 e. The Balaban J connectivity index is 0.000000166. The predicted octanol–water partition coefficient (Wildman–Crippen LogP) is 8.77. The zero-order valence-electron chi connectivity index (χ0n) is 28.1. The van der Waals surface area contributed by atoms with Gasteiger partial charge in [-0.15, -0.1) is 0 Å². The summed E-state index contributed by atoms with van der Waals surface area (Å²) in [5.74, 6) is 0.729. The van der Waals surface area contributed by atoms with Crippen LogP contribution in [0.2, 0.25) is 0 Å². The van der Waals surface area contributed by atoms with E-state index in [9.17, 15) is 0 Å². The van der Waals surface area contributed by atoms with Gasteiger partial charge in [0, 0.05) is 35.0 Å². The molecule has 49 heavy (non-hydrogen) atoms. The lowest BCUT2D eigenvalue weighted by atomic mass is 9.98. The summed E-state index contributed by atoms with van der Waals surface area (Å²) in [7, 11) is 0. The van der Waals surface area contributed by atoms with Gasteiger partial charge in [0.25, 0.3) is 0 Å². The van der Waals surface area contributed by atoms with Crippen LogP contribution in [-0.2, 0) is 13.1 Å². The second kappa shape index (κ2) is 13.6. The molecule has 0 bridgehead atoms. The van der Waals surface area contributed by atoms with E-state index in [1.54, 1.807) is 6.33 Å². The van der Waals surface area contributed by atoms with E-state index < -0.39 is 0 Å². The standard InChI is InChI=1S/C23H20N6.C18H18N2/c1-14-6-3-4-9-18(14)20-17(10-16-8-5-7-15(2)19(16)29-20)11-24-22-21-23(26-12-25-21)28-13-27-22;1-12-6-3-4-9-16(12)18-15(11-19)10-14-8-5-7-13(2)17(14)20-18/h3-10,12-13H,11H2,1-2H3,(H2,24,25,26,27,28);3-10H,11,19H2,1-2H3. The van der Waals surface area contributed by atoms with Crippen molar-refractivity contribution in [2.45, 2.75) is 40.8 Å². The molecule has 4 heterocycles. The number of pyridine rings is 2. The maximum absolute atomic E-state index is 5.93. The Hall–Kier alpha value is -5.99. The first-order valence-corrected chi connectivity index (χ1v) is 16.4. The molecule has 0 radical (unpaired) electrons. The van der Waals surface area contributed by atoms with Crippen molar-refractivity contribution in [1.82, 2.24) is 29.9 Å². The van der Waals surface area contributed by atoms with E-state index in [0.29, 0.717) is 18.7 Å². The molecule has 0 saturated carbocycles. The van der Waals surface area contributed by atoms with Crippen LogP contribution in [0.25, 0.3) is 55.5 Å². The minimum Gasteiger partial charge on any atom is -0.364 e. The Morgan fingerprint density at radius 1 is 0.612 bits per heavy atom. The molecule has 4 aromatic heterocycles. The molecule has 4 aromatic carbocycles. The largest absolute Gasteiger partial charge is 0.364 e. The highest BCUT2D eigenvalue weighted by atomic mass is 15.1. The van der Waals surface area contributed by atoms with Gasteiger partial charge in [-0.1, -0.05) is 84.9 Å². The third-order valence-corrected chi connectivity index (χ3v) is 8.94. The summed E-state index contributed by atoms with van der Waals surface area (Å²) in [4.78, 5) is 25.8. The van der Waals surface area contributed by atoms with Crippen LogP contribution in [0, 0.1) is 27.7 Å². The number of nitrogens with one attached hydrogen (secondary N) is 2. The molecule has 0 fully saturated rings. The molecule has 0 aliphatic heterocycles. The van der Waals surface area contributed by atoms with E-state index in [4.69, 9.17) is 15.7 Å². The third kappa shape index (κ3) is 6.34. The number of rotatable bonds is 6. The molecule has 8 heteroatoms. The van der Waals surface area contributed by atoms with Gasteiger partial charge in [0.15, 0.2) is 11.5 Å². The van der Waals surface area contributed by atoms with Gasteiger partial charge < -0.3 is 16.0 Å². The van der Waals surface area contributed by atoms with Gasteiger partial charge in [0.2, 0.25) is 0 Å². The molecule has 0 unspecified atom stereocenters. The number of aromatic amines is 1. The number of hydrogen-bond donors (Lipinski definition) is 3. The Morgan fingerprint density at radius 3 is 1.76 bits per heavy atom. The highest BCUT2D eigenvalue weighted by Gasteiger charge is 2.14. The molecule has 0 atom stereocenters. The maximum atomic E-state index is 5.93. The van der Waals surface area contributed by atoms with Gasteiger partial charge >= 0.3 is 0 Å². The average molecular weight is 643 g/mol. The van der Waals surface area contributed by atoms with E-state index >= 15 is 0 Å². The minimum absolute atomic E-state index is 0.501. The third-order valence-electron chi connectivity index (χ3n) is 8.94. The molecular weight excluding hydrogens is 605 g/mol. The van der Waals surface area contributed by atoms with Crippen molar-refractivity contribution < 1.29 is 0 Å². The first-order valence-electron chi connectivity index (χ1n) is 16.4. The number of nitrogens with two attached hydrogens (primary N) is 1. The van der Waals surface area contributed by atoms with Crippen molar-refractivity contribution in [3.05, 3.63) is 143 Å². The molecule has 0 aliphatic carbocycles. The van der Waals surface area contributed by atoms with Gasteiger partial charge in [-0.2, -0.15) is 0 Å². The SMILES string of the molecule is Cc1ccccc1-c1nc2c(C)cccc2cc1CN.Cc1ccccc1-c1nc2c(C)cccc2cc1CNc1ncnc2nc[nH]c12. The van der Waals surface area contributed by atoms with E-state index in [1.807, 2.05) is 12.1 Å². The second-order valence-corrected chi connectivity index (χ2v) is 12.3. The molecule has 242 valence electrons. The fourth-order valence-corrected chi connectivity index (χ4v) is 6.29. The number of nitrogens with zero attached hydrogens (tertiary/aromatic N) is 5. The smallest absolute Gasteiger partial charge is 0.182 e. The lowest BCUT2D eigenvalue weighted by Crippen LogP contribution is -2.06. The Kier molecular flexibility index (Phi) is 8.79. The number of fused-ring (bicyclic) bond motifs is 3. The van der Waals surface area contributed by atoms with Crippen molar-refractivity contribution in [3.63, 3.8) is 0 Å². The van der Waals surface area contributed by atoms with Crippen LogP contribution >= 0.6 is 0 Å². The summed E-state index contributed by atoms with van der Waals surface area (Å²) in [6, 6.07) is 33.6. The Labute approximate surface area is 285 Å². The molecule has 4 N–H and O–H groups in total. The molecular formula is C41H38N8. The van der Waals surface area contributed by atoms with Gasteiger partial charge in [-0.25, -0.2) is 24.9 Å². The summed E-state index contributed by atoms with van der Waals surface area (Å²) in [6.45, 7) is 9.52. The summed E-state index contributed by atoms with van der Waals surface area (Å²) < 4.78 is 0. The lowest BCUT2D eigenvalue weighted by Gasteiger charge is -2.15. The van der Waals surface area contributed by atoms with Gasteiger partial charge in [-0.05, 0) is 73.2 Å². The van der Waals surface area contributed by atoms with Crippen molar-refractivity contribution in [1.29, 1.82) is 0 Å². The molecule has 0 amide bonds. The fourth-order valence-electron chi connectivity index (χ4n) is 6.29. The molecule has 8 rings (SSSR count). The first kappa shape index (κ1) is 31.6. The number of aromatic nitrogens is 6. The second-order valence-electron chi connectivity index (χ2n) is 12.3. The zero-order valence-corrected chi connectivity index (χ0v) is 28.1. The number of anilines is 1. The molecule has 8 aromatic rings. The van der Waals surface area contributed by atoms with E-state index in [-0.39, 0.29) is 0 Å². The van der Waals surface area contributed by atoms with Crippen molar-refractivity contribution in [3.8, 4) is 22.5 Å². The summed E-state index contributed by atoms with van der Waals surface area (Å²) in [5.41, 5.74) is 20.8. The molecule has 0 saturated heterocycles. The van der Waals surface area contributed by atoms with E-state index in [0.717, 1.165) is 66.8 Å². The van der Waals surface area contributed by atoms with Crippen molar-refractivity contribution in [2.24, 2.45) is 5.73 Å². The van der Waals surface area contributed by atoms with Crippen LogP contribution in [0.3, 0.4) is 0 Å². The van der Waals surface area contributed by atoms with Crippen molar-refractivity contribution >= 4 is 38.8 Å². The molecule has 0 spiro atoms. The monoisotopic (exact) mass is 642 g/mol. The summed E-state index contributed by atoms with van der Waals surface area (Å²) in [5, 5.41) is 5.72. The average Bonchev–Trinajstić information content (AvgIpc) is 3.61. The number of benzene rings is 4. The normalized spacial score (nSPS) is 11.1. The van der Waals surface area contributed by atoms with E-state index in [1.165, 1.54) is 28.6 Å². The Morgan fingerprint density at radius 2 is 1.16 bits per heavy atom. The fraction of sp³-hybridized carbons (Fsp3) is 0.146. The van der Waals surface area contributed by atoms with Crippen LogP contribution < -0.4 is 11.1 Å². The highest BCUT2D eigenvalue weighted by Crippen LogP contribution is 2.31. The van der Waals surface area contributed by atoms with Gasteiger partial charge in [0.05, 0.1) is 28.7 Å². The molecule has 0 aliphatic rings. The number of aryl methyl sites for hydroxylation is 4. The van der Waals surface area contributed by atoms with Crippen LogP contribution in [0.1, 0.15) is 33.4 Å². The summed E-state index contributed by atoms with van der Waals surface area (Å²) in [6.07, 6.45) is 3.15. The van der Waals surface area contributed by atoms with E-state index in [2.05, 4.69) is 138 Å². The number of imidazole rings is 1. The van der Waals surface area contributed by atoms with Gasteiger partial charge in [-0.3, -0.25) is 0 Å². The predicted molar refractivity (Wildman–Crippen MR) is 200 cm³/mol. The van der Waals surface area contributed by atoms with Crippen LogP contribution in [0.15, 0.2) is 110 Å². The number of hydrogen-bond acceptors (Lipinski definition) is 7. The quantitative estimate of drug-likeness (QED) is 0.166. The Bertz CT molecular complexity index is 2450. The minimum atomic E-state index is 0.501.